The fourth-order valence-electron chi connectivity index (χ4n) is 3.39. The van der Waals surface area contributed by atoms with Crippen molar-refractivity contribution >= 4 is 11.8 Å². The van der Waals surface area contributed by atoms with Crippen molar-refractivity contribution in [3.63, 3.8) is 0 Å². The van der Waals surface area contributed by atoms with E-state index in [0.29, 0.717) is 12.0 Å². The standard InChI is InChI=1S/C17H25NO3/c1-5-6-7-18-11(2)12(8-15(20)21)16-13(18)9-17(3,4)10-14(16)19/h5-10H2,1-4H3,(H,20,21). The molecular weight excluding hydrogens is 266 g/mol. The summed E-state index contributed by atoms with van der Waals surface area (Å²) < 4.78 is 2.19. The number of carbonyl (C=O) groups is 2. The molecule has 1 heterocycles. The van der Waals surface area contributed by atoms with Gasteiger partial charge in [-0.25, -0.2) is 0 Å². The summed E-state index contributed by atoms with van der Waals surface area (Å²) in [5.41, 5.74) is 3.40. The number of carboxylic acid groups (broad SMARTS) is 1. The van der Waals surface area contributed by atoms with E-state index in [2.05, 4.69) is 25.3 Å². The first-order chi connectivity index (χ1) is 9.76. The van der Waals surface area contributed by atoms with Gasteiger partial charge in [-0.15, -0.1) is 0 Å². The van der Waals surface area contributed by atoms with E-state index in [4.69, 9.17) is 5.11 Å². The molecule has 1 N–H and O–H groups in total. The van der Waals surface area contributed by atoms with Crippen molar-refractivity contribution in [1.82, 2.24) is 4.57 Å². The Morgan fingerprint density at radius 2 is 2.00 bits per heavy atom. The Balaban J connectivity index is 2.57. The van der Waals surface area contributed by atoms with E-state index < -0.39 is 5.97 Å². The minimum atomic E-state index is -0.869. The molecule has 21 heavy (non-hydrogen) atoms. The molecule has 0 amide bonds. The van der Waals surface area contributed by atoms with E-state index in [0.717, 1.165) is 42.8 Å². The second-order valence-corrected chi connectivity index (χ2v) is 6.90. The summed E-state index contributed by atoms with van der Waals surface area (Å²) in [5, 5.41) is 9.15. The third kappa shape index (κ3) is 3.04. The molecule has 0 saturated carbocycles. The number of aliphatic carboxylic acids is 1. The molecule has 0 saturated heterocycles. The number of unbranched alkanes of at least 4 members (excludes halogenated alkanes) is 1. The maximum atomic E-state index is 12.5. The van der Waals surface area contributed by atoms with Gasteiger partial charge >= 0.3 is 5.97 Å². The number of carbonyl (C=O) groups excluding carboxylic acids is 1. The number of rotatable bonds is 5. The summed E-state index contributed by atoms with van der Waals surface area (Å²) in [6.07, 6.45) is 3.42. The van der Waals surface area contributed by atoms with E-state index in [1.54, 1.807) is 0 Å². The highest BCUT2D eigenvalue weighted by Crippen LogP contribution is 2.39. The van der Waals surface area contributed by atoms with Crippen LogP contribution in [0, 0.1) is 12.3 Å². The third-order valence-electron chi connectivity index (χ3n) is 4.39. The molecule has 116 valence electrons. The lowest BCUT2D eigenvalue weighted by molar-refractivity contribution is -0.136. The highest BCUT2D eigenvalue weighted by atomic mass is 16.4. The van der Waals surface area contributed by atoms with Crippen molar-refractivity contribution in [2.45, 2.75) is 66.3 Å². The lowest BCUT2D eigenvalue weighted by Gasteiger charge is -2.30. The quantitative estimate of drug-likeness (QED) is 0.904. The molecule has 0 unspecified atom stereocenters. The molecule has 2 rings (SSSR count). The van der Waals surface area contributed by atoms with Gasteiger partial charge in [-0.05, 0) is 30.7 Å². The van der Waals surface area contributed by atoms with Gasteiger partial charge < -0.3 is 9.67 Å². The van der Waals surface area contributed by atoms with E-state index in [1.807, 2.05) is 6.92 Å². The second kappa shape index (κ2) is 5.66. The Hall–Kier alpha value is -1.58. The largest absolute Gasteiger partial charge is 0.481 e. The average molecular weight is 291 g/mol. The molecular formula is C17H25NO3. The number of hydrogen-bond acceptors (Lipinski definition) is 2. The van der Waals surface area contributed by atoms with Gasteiger partial charge in [0.05, 0.1) is 6.42 Å². The highest BCUT2D eigenvalue weighted by Gasteiger charge is 2.36. The fraction of sp³-hybridized carbons (Fsp3) is 0.647. The molecule has 0 spiro atoms. The van der Waals surface area contributed by atoms with Gasteiger partial charge in [0, 0.05) is 29.9 Å². The average Bonchev–Trinajstić information content (AvgIpc) is 2.58. The second-order valence-electron chi connectivity index (χ2n) is 6.90. The number of carboxylic acids is 1. The molecule has 0 aliphatic heterocycles. The molecule has 1 aliphatic rings. The predicted octanol–water partition coefficient (Wildman–Crippen LogP) is 3.38. The molecule has 4 heteroatoms. The molecule has 0 atom stereocenters. The minimum absolute atomic E-state index is 0.0423. The zero-order valence-electron chi connectivity index (χ0n) is 13.5. The molecule has 0 bridgehead atoms. The predicted molar refractivity (Wildman–Crippen MR) is 81.8 cm³/mol. The molecule has 1 aromatic heterocycles. The van der Waals surface area contributed by atoms with Crippen LogP contribution in [0.4, 0.5) is 0 Å². The summed E-state index contributed by atoms with van der Waals surface area (Å²) in [4.78, 5) is 23.7. The van der Waals surface area contributed by atoms with Gasteiger partial charge in [-0.1, -0.05) is 27.2 Å². The summed E-state index contributed by atoms with van der Waals surface area (Å²) >= 11 is 0. The van der Waals surface area contributed by atoms with Crippen LogP contribution in [0.25, 0.3) is 0 Å². The lowest BCUT2D eigenvalue weighted by Crippen LogP contribution is -2.28. The van der Waals surface area contributed by atoms with Gasteiger partial charge in [-0.3, -0.25) is 9.59 Å². The normalized spacial score (nSPS) is 16.9. The van der Waals surface area contributed by atoms with Gasteiger partial charge in [0.1, 0.15) is 0 Å². The van der Waals surface area contributed by atoms with Crippen LogP contribution in [0.1, 0.15) is 67.3 Å². The van der Waals surface area contributed by atoms with Crippen LogP contribution in [0.5, 0.6) is 0 Å². The summed E-state index contributed by atoms with van der Waals surface area (Å²) in [5.74, 6) is -0.762. The molecule has 1 aliphatic carbocycles. The number of hydrogen-bond donors (Lipinski definition) is 1. The third-order valence-corrected chi connectivity index (χ3v) is 4.39. The van der Waals surface area contributed by atoms with Gasteiger partial charge in [0.25, 0.3) is 0 Å². The van der Waals surface area contributed by atoms with E-state index in [-0.39, 0.29) is 17.6 Å². The smallest absolute Gasteiger partial charge is 0.307 e. The first-order valence-corrected chi connectivity index (χ1v) is 7.72. The molecule has 4 nitrogen and oxygen atoms in total. The first-order valence-electron chi connectivity index (χ1n) is 7.72. The Bertz CT molecular complexity index is 581. The summed E-state index contributed by atoms with van der Waals surface area (Å²) in [7, 11) is 0. The van der Waals surface area contributed by atoms with E-state index >= 15 is 0 Å². The Labute approximate surface area is 126 Å². The number of Topliss-reactive ketones (excluding diaryl/α,β-unsaturated/α-hetero) is 1. The van der Waals surface area contributed by atoms with Crippen LogP contribution in [0.2, 0.25) is 0 Å². The van der Waals surface area contributed by atoms with Crippen LogP contribution in [0.3, 0.4) is 0 Å². The maximum absolute atomic E-state index is 12.5. The van der Waals surface area contributed by atoms with Crippen molar-refractivity contribution in [1.29, 1.82) is 0 Å². The lowest BCUT2D eigenvalue weighted by atomic mass is 9.75. The summed E-state index contributed by atoms with van der Waals surface area (Å²) in [6, 6.07) is 0. The highest BCUT2D eigenvalue weighted by molar-refractivity contribution is 6.01. The number of ketones is 1. The topological polar surface area (TPSA) is 59.3 Å². The van der Waals surface area contributed by atoms with Crippen LogP contribution < -0.4 is 0 Å². The van der Waals surface area contributed by atoms with Crippen LogP contribution >= 0.6 is 0 Å². The number of fused-ring (bicyclic) bond motifs is 1. The maximum Gasteiger partial charge on any atom is 0.307 e. The van der Waals surface area contributed by atoms with Crippen molar-refractivity contribution in [3.05, 3.63) is 22.5 Å². The zero-order valence-corrected chi connectivity index (χ0v) is 13.5. The van der Waals surface area contributed by atoms with Crippen LogP contribution in [0.15, 0.2) is 0 Å². The van der Waals surface area contributed by atoms with Gasteiger partial charge in [0.2, 0.25) is 0 Å². The first kappa shape index (κ1) is 15.8. The van der Waals surface area contributed by atoms with Gasteiger partial charge in [0.15, 0.2) is 5.78 Å². The molecule has 0 aromatic carbocycles. The van der Waals surface area contributed by atoms with Crippen molar-refractivity contribution in [3.8, 4) is 0 Å². The number of nitrogens with zero attached hydrogens (tertiary/aromatic N) is 1. The van der Waals surface area contributed by atoms with Crippen molar-refractivity contribution in [2.24, 2.45) is 5.41 Å². The summed E-state index contributed by atoms with van der Waals surface area (Å²) in [6.45, 7) is 9.17. The SMILES string of the molecule is CCCCn1c(C)c(CC(=O)O)c2c1CC(C)(C)CC2=O. The molecule has 0 fully saturated rings. The van der Waals surface area contributed by atoms with E-state index in [1.165, 1.54) is 0 Å². The van der Waals surface area contributed by atoms with Crippen LogP contribution in [-0.2, 0) is 24.2 Å². The minimum Gasteiger partial charge on any atom is -0.481 e. The van der Waals surface area contributed by atoms with Crippen molar-refractivity contribution < 1.29 is 14.7 Å². The zero-order chi connectivity index (χ0) is 15.8. The van der Waals surface area contributed by atoms with Crippen molar-refractivity contribution in [2.75, 3.05) is 0 Å². The molecule has 1 aromatic rings. The molecule has 0 radical (unpaired) electrons. The number of aromatic nitrogens is 1. The fourth-order valence-corrected chi connectivity index (χ4v) is 3.39. The Morgan fingerprint density at radius 1 is 1.33 bits per heavy atom. The Kier molecular flexibility index (Phi) is 4.26. The van der Waals surface area contributed by atoms with E-state index in [9.17, 15) is 9.59 Å². The Morgan fingerprint density at radius 3 is 2.57 bits per heavy atom. The van der Waals surface area contributed by atoms with Crippen LogP contribution in [-0.4, -0.2) is 21.4 Å². The monoisotopic (exact) mass is 291 g/mol. The van der Waals surface area contributed by atoms with Gasteiger partial charge in [-0.2, -0.15) is 0 Å².